The van der Waals surface area contributed by atoms with Crippen LogP contribution < -0.4 is 9.47 Å². The molecular weight excluding hydrogens is 626 g/mol. The highest BCUT2D eigenvalue weighted by Crippen LogP contribution is 2.65. The summed E-state index contributed by atoms with van der Waals surface area (Å²) < 4.78 is 17.8. The summed E-state index contributed by atoms with van der Waals surface area (Å²) in [5.41, 5.74) is 1.54. The first-order chi connectivity index (χ1) is 23.6. The minimum absolute atomic E-state index is 0.0371. The van der Waals surface area contributed by atoms with Crippen LogP contribution in [-0.4, -0.2) is 67.9 Å². The maximum Gasteiger partial charge on any atom is 0.340 e. The number of Topliss-reactive ketones (excluding diaryl/α,β-unsaturated/α-hetero) is 1. The molecular formula is C39H33NO9. The van der Waals surface area contributed by atoms with Crippen LogP contribution in [0.15, 0.2) is 85.5 Å². The Labute approximate surface area is 281 Å². The third-order valence-electron chi connectivity index (χ3n) is 11.4. The molecule has 4 N–H and O–H groups in total. The average Bonchev–Trinajstić information content (AvgIpc) is 3.59. The Morgan fingerprint density at radius 1 is 0.898 bits per heavy atom. The number of benzene rings is 4. The number of phenolic OH excluding ortho intramolecular Hbond substituents is 3. The van der Waals surface area contributed by atoms with Crippen LogP contribution in [0.25, 0.3) is 0 Å². The lowest BCUT2D eigenvalue weighted by Crippen LogP contribution is -2.76. The Balaban J connectivity index is 0.000000133. The van der Waals surface area contributed by atoms with Gasteiger partial charge in [-0.15, -0.1) is 6.58 Å². The molecule has 0 amide bonds. The lowest BCUT2D eigenvalue weighted by molar-refractivity contribution is -0.187. The Morgan fingerprint density at radius 2 is 1.61 bits per heavy atom. The number of nitrogens with zero attached hydrogens (tertiary/aromatic N) is 1. The molecule has 49 heavy (non-hydrogen) atoms. The van der Waals surface area contributed by atoms with E-state index >= 15 is 0 Å². The van der Waals surface area contributed by atoms with Crippen molar-refractivity contribution in [3.05, 3.63) is 119 Å². The number of likely N-dealkylation sites (tertiary alicyclic amines) is 1. The van der Waals surface area contributed by atoms with Gasteiger partial charge in [0.15, 0.2) is 29.0 Å². The van der Waals surface area contributed by atoms with Gasteiger partial charge in [-0.3, -0.25) is 9.69 Å². The molecule has 1 saturated heterocycles. The number of aromatic hydroxyl groups is 3. The van der Waals surface area contributed by atoms with Gasteiger partial charge in [0.05, 0.1) is 16.6 Å². The van der Waals surface area contributed by atoms with Crippen molar-refractivity contribution in [1.29, 1.82) is 0 Å². The van der Waals surface area contributed by atoms with Gasteiger partial charge in [0, 0.05) is 59.9 Å². The number of hydrogen-bond acceptors (Lipinski definition) is 10. The summed E-state index contributed by atoms with van der Waals surface area (Å²) >= 11 is 0. The normalized spacial score (nSPS) is 27.3. The van der Waals surface area contributed by atoms with Crippen LogP contribution in [0.3, 0.4) is 0 Å². The van der Waals surface area contributed by atoms with Crippen LogP contribution in [0, 0.1) is 0 Å². The number of aliphatic hydroxyl groups is 1. The van der Waals surface area contributed by atoms with Gasteiger partial charge in [-0.05, 0) is 61.2 Å². The minimum Gasteiger partial charge on any atom is -0.508 e. The fourth-order valence-electron chi connectivity index (χ4n) is 9.45. The quantitative estimate of drug-likeness (QED) is 0.172. The summed E-state index contributed by atoms with van der Waals surface area (Å²) in [4.78, 5) is 27.4. The van der Waals surface area contributed by atoms with Crippen molar-refractivity contribution in [3.8, 4) is 34.5 Å². The van der Waals surface area contributed by atoms with Gasteiger partial charge < -0.3 is 34.6 Å². The van der Waals surface area contributed by atoms with E-state index in [-0.39, 0.29) is 29.1 Å². The molecule has 2 spiro atoms. The number of ketones is 1. The Morgan fingerprint density at radius 3 is 2.33 bits per heavy atom. The van der Waals surface area contributed by atoms with E-state index in [9.17, 15) is 30.0 Å². The molecule has 1 saturated carbocycles. The van der Waals surface area contributed by atoms with Crippen LogP contribution in [0.1, 0.15) is 57.4 Å². The van der Waals surface area contributed by atoms with E-state index in [1.165, 1.54) is 24.3 Å². The molecule has 2 fully saturated rings. The third-order valence-corrected chi connectivity index (χ3v) is 11.4. The maximum atomic E-state index is 12.6. The van der Waals surface area contributed by atoms with E-state index in [0.717, 1.165) is 24.2 Å². The van der Waals surface area contributed by atoms with Gasteiger partial charge in [-0.25, -0.2) is 4.79 Å². The molecule has 4 aromatic carbocycles. The van der Waals surface area contributed by atoms with Crippen molar-refractivity contribution in [3.63, 3.8) is 0 Å². The smallest absolute Gasteiger partial charge is 0.340 e. The van der Waals surface area contributed by atoms with Gasteiger partial charge in [-0.1, -0.05) is 30.3 Å². The monoisotopic (exact) mass is 659 g/mol. The molecule has 10 heteroatoms. The van der Waals surface area contributed by atoms with E-state index in [1.54, 1.807) is 30.3 Å². The topological polar surface area (TPSA) is 146 Å². The van der Waals surface area contributed by atoms with Crippen LogP contribution in [0.4, 0.5) is 0 Å². The molecule has 4 aliphatic heterocycles. The molecule has 4 aromatic rings. The van der Waals surface area contributed by atoms with Gasteiger partial charge in [-0.2, -0.15) is 0 Å². The molecule has 10 nitrogen and oxygen atoms in total. The van der Waals surface area contributed by atoms with Gasteiger partial charge in [0.25, 0.3) is 0 Å². The Bertz CT molecular complexity index is 2070. The molecule has 10 rings (SSSR count). The van der Waals surface area contributed by atoms with Crippen molar-refractivity contribution in [1.82, 2.24) is 4.90 Å². The zero-order valence-corrected chi connectivity index (χ0v) is 26.4. The summed E-state index contributed by atoms with van der Waals surface area (Å²) in [5.74, 6) is 0.937. The van der Waals surface area contributed by atoms with Gasteiger partial charge in [0.1, 0.15) is 23.0 Å². The third kappa shape index (κ3) is 3.73. The predicted octanol–water partition coefficient (Wildman–Crippen LogP) is 4.97. The summed E-state index contributed by atoms with van der Waals surface area (Å²) in [6.07, 6.45) is 3.35. The molecule has 4 atom stereocenters. The second-order valence-corrected chi connectivity index (χ2v) is 13.6. The number of carbonyl (C=O) groups excluding carboxylic acids is 2. The molecule has 0 unspecified atom stereocenters. The Hall–Kier alpha value is -5.32. The van der Waals surface area contributed by atoms with Gasteiger partial charge in [0.2, 0.25) is 0 Å². The summed E-state index contributed by atoms with van der Waals surface area (Å²) in [5, 5.41) is 41.8. The largest absolute Gasteiger partial charge is 0.508 e. The number of rotatable bonds is 2. The molecule has 2 aliphatic carbocycles. The van der Waals surface area contributed by atoms with E-state index in [4.69, 9.17) is 14.2 Å². The summed E-state index contributed by atoms with van der Waals surface area (Å²) in [7, 11) is 0. The lowest BCUT2D eigenvalue weighted by atomic mass is 9.49. The van der Waals surface area contributed by atoms with Crippen molar-refractivity contribution < 1.29 is 44.2 Å². The number of hydrogen-bond donors (Lipinski definition) is 4. The number of esters is 1. The van der Waals surface area contributed by atoms with Crippen LogP contribution in [0.5, 0.6) is 34.5 Å². The maximum absolute atomic E-state index is 12.6. The van der Waals surface area contributed by atoms with E-state index in [0.29, 0.717) is 65.2 Å². The molecule has 6 aliphatic rings. The first kappa shape index (κ1) is 29.8. The molecule has 0 radical (unpaired) electrons. The van der Waals surface area contributed by atoms with Crippen molar-refractivity contribution >= 4 is 11.8 Å². The van der Waals surface area contributed by atoms with E-state index < -0.39 is 28.7 Å². The zero-order valence-electron chi connectivity index (χ0n) is 26.4. The SMILES string of the molecule is C=CCN1CC[C@]23c4c5ccc(O)c4O[C@H]2C(=O)CC[C@@]3(O)[C@H]1C5.O=C1OC2(c3ccc(O)cc3Oc3cc(O)ccc32)c2ccccc21. The van der Waals surface area contributed by atoms with Crippen LogP contribution in [0.2, 0.25) is 0 Å². The van der Waals surface area contributed by atoms with E-state index in [2.05, 4.69) is 11.5 Å². The average molecular weight is 660 g/mol. The minimum atomic E-state index is -1.17. The zero-order chi connectivity index (χ0) is 33.9. The molecule has 0 aromatic heterocycles. The van der Waals surface area contributed by atoms with Crippen molar-refractivity contribution in [2.45, 2.75) is 54.4 Å². The number of ether oxygens (including phenoxy) is 3. The molecule has 2 bridgehead atoms. The highest BCUT2D eigenvalue weighted by molar-refractivity contribution is 5.97. The number of fused-ring (bicyclic) bond motifs is 6. The van der Waals surface area contributed by atoms with E-state index in [1.807, 2.05) is 24.3 Å². The summed E-state index contributed by atoms with van der Waals surface area (Å²) in [6, 6.07) is 20.1. The number of phenols is 3. The lowest BCUT2D eigenvalue weighted by Gasteiger charge is -2.62. The van der Waals surface area contributed by atoms with Gasteiger partial charge >= 0.3 is 5.97 Å². The molecule has 4 heterocycles. The van der Waals surface area contributed by atoms with Crippen LogP contribution in [-0.2, 0) is 27.0 Å². The fourth-order valence-corrected chi connectivity index (χ4v) is 9.45. The fraction of sp³-hybridized carbons (Fsp3) is 0.282. The highest BCUT2D eigenvalue weighted by atomic mass is 16.6. The standard InChI is InChI=1S/C20H12O5.C19H21NO4/c21-11-5-7-15-17(9-11)24-18-10-12(22)6-8-16(18)20(15)14-4-2-1-3-13(14)19(23)25-20;1-2-8-20-9-7-18-15-11-3-4-12(21)16(15)24-17(18)13(22)5-6-19(18,23)14(20)10-11/h1-10,21-22H;2-4,14,17,21,23H,1,5-10H2/t;14-,17+,18+,19-/m.1/s1. The second-order valence-electron chi connectivity index (χ2n) is 13.6. The first-order valence-corrected chi connectivity index (χ1v) is 16.4. The molecule has 248 valence electrons. The Kier molecular flexibility index (Phi) is 6.14. The number of carbonyl (C=O) groups is 2. The van der Waals surface area contributed by atoms with Crippen LogP contribution >= 0.6 is 0 Å². The highest BCUT2D eigenvalue weighted by Gasteiger charge is 2.73. The summed E-state index contributed by atoms with van der Waals surface area (Å²) in [6.45, 7) is 5.36. The predicted molar refractivity (Wildman–Crippen MR) is 175 cm³/mol. The van der Waals surface area contributed by atoms with Crippen molar-refractivity contribution in [2.75, 3.05) is 13.1 Å². The first-order valence-electron chi connectivity index (χ1n) is 16.4. The number of piperidine rings is 1. The van der Waals surface area contributed by atoms with Crippen molar-refractivity contribution in [2.24, 2.45) is 0 Å². The second kappa shape index (κ2) is 10.1.